The first-order valence-corrected chi connectivity index (χ1v) is 5.59. The van der Waals surface area contributed by atoms with E-state index in [1.807, 2.05) is 18.4 Å². The Labute approximate surface area is 92.1 Å². The van der Waals surface area contributed by atoms with Crippen LogP contribution in [0, 0.1) is 0 Å². The summed E-state index contributed by atoms with van der Waals surface area (Å²) in [6, 6.07) is 5.71. The van der Waals surface area contributed by atoms with Crippen LogP contribution in [-0.4, -0.2) is 28.5 Å². The predicted octanol–water partition coefficient (Wildman–Crippen LogP) is 0.854. The average Bonchev–Trinajstić information content (AvgIpc) is 2.27. The van der Waals surface area contributed by atoms with Gasteiger partial charge in [0, 0.05) is 4.90 Å². The second-order valence-corrected chi connectivity index (χ2v) is 3.96. The van der Waals surface area contributed by atoms with Crippen LogP contribution in [0.1, 0.15) is 11.7 Å². The van der Waals surface area contributed by atoms with Gasteiger partial charge in [-0.05, 0) is 24.0 Å². The van der Waals surface area contributed by atoms with E-state index in [-0.39, 0.29) is 0 Å². The molecular formula is C10H13NO3S. The summed E-state index contributed by atoms with van der Waals surface area (Å²) in [5.74, 6) is -1.21. The molecule has 5 heteroatoms. The zero-order chi connectivity index (χ0) is 11.4. The number of carboxylic acid groups (broad SMARTS) is 1. The highest BCUT2D eigenvalue weighted by atomic mass is 32.2. The maximum atomic E-state index is 10.5. The fraction of sp³-hybridized carbons (Fsp3) is 0.300. The SMILES string of the molecule is CSc1ccc(C(O)[C@H](N)C(=O)O)cc1. The van der Waals surface area contributed by atoms with Gasteiger partial charge in [-0.15, -0.1) is 11.8 Å². The van der Waals surface area contributed by atoms with Gasteiger partial charge in [-0.2, -0.15) is 0 Å². The van der Waals surface area contributed by atoms with Crippen molar-refractivity contribution in [3.8, 4) is 0 Å². The summed E-state index contributed by atoms with van der Waals surface area (Å²) in [4.78, 5) is 11.6. The van der Waals surface area contributed by atoms with E-state index in [4.69, 9.17) is 10.8 Å². The summed E-state index contributed by atoms with van der Waals surface area (Å²) in [6.07, 6.45) is 0.771. The molecule has 0 aromatic heterocycles. The standard InChI is InChI=1S/C10H13NO3S/c1-15-7-4-2-6(3-5-7)9(12)8(11)10(13)14/h2-5,8-9,12H,11H2,1H3,(H,13,14)/t8-,9?/m0/s1. The van der Waals surface area contributed by atoms with E-state index in [9.17, 15) is 9.90 Å². The number of carboxylic acids is 1. The van der Waals surface area contributed by atoms with Crippen LogP contribution in [0.3, 0.4) is 0 Å². The lowest BCUT2D eigenvalue weighted by atomic mass is 10.0. The number of benzene rings is 1. The first-order valence-electron chi connectivity index (χ1n) is 4.36. The molecule has 0 saturated carbocycles. The van der Waals surface area contributed by atoms with Crippen molar-refractivity contribution in [2.45, 2.75) is 17.0 Å². The first-order chi connectivity index (χ1) is 7.06. The van der Waals surface area contributed by atoms with Gasteiger partial charge in [-0.25, -0.2) is 0 Å². The lowest BCUT2D eigenvalue weighted by Crippen LogP contribution is -2.36. The lowest BCUT2D eigenvalue weighted by Gasteiger charge is -2.15. The fourth-order valence-corrected chi connectivity index (χ4v) is 1.55. The van der Waals surface area contributed by atoms with Crippen LogP contribution in [0.4, 0.5) is 0 Å². The number of carbonyl (C=O) groups is 1. The number of aliphatic hydroxyl groups excluding tert-OH is 1. The fourth-order valence-electron chi connectivity index (χ4n) is 1.14. The first kappa shape index (κ1) is 12.0. The van der Waals surface area contributed by atoms with E-state index in [1.54, 1.807) is 23.9 Å². The molecule has 0 bridgehead atoms. The van der Waals surface area contributed by atoms with Gasteiger partial charge in [0.25, 0.3) is 0 Å². The molecule has 0 saturated heterocycles. The molecule has 2 atom stereocenters. The Hall–Kier alpha value is -1.04. The third kappa shape index (κ3) is 2.95. The second-order valence-electron chi connectivity index (χ2n) is 3.08. The Morgan fingerprint density at radius 3 is 2.33 bits per heavy atom. The van der Waals surface area contributed by atoms with E-state index >= 15 is 0 Å². The molecule has 1 unspecified atom stereocenters. The maximum Gasteiger partial charge on any atom is 0.323 e. The highest BCUT2D eigenvalue weighted by Gasteiger charge is 2.23. The molecule has 1 rings (SSSR count). The molecule has 4 N–H and O–H groups in total. The Bertz CT molecular complexity index is 339. The van der Waals surface area contributed by atoms with Crippen molar-refractivity contribution in [1.82, 2.24) is 0 Å². The monoisotopic (exact) mass is 227 g/mol. The predicted molar refractivity (Wildman–Crippen MR) is 58.8 cm³/mol. The van der Waals surface area contributed by atoms with E-state index in [0.29, 0.717) is 5.56 Å². The zero-order valence-electron chi connectivity index (χ0n) is 8.25. The van der Waals surface area contributed by atoms with Gasteiger partial charge < -0.3 is 15.9 Å². The molecule has 15 heavy (non-hydrogen) atoms. The number of hydrogen-bond donors (Lipinski definition) is 3. The van der Waals surface area contributed by atoms with Crippen molar-refractivity contribution in [3.63, 3.8) is 0 Å². The van der Waals surface area contributed by atoms with Crippen LogP contribution in [-0.2, 0) is 4.79 Å². The molecule has 0 radical (unpaired) electrons. The number of aliphatic carboxylic acids is 1. The van der Waals surface area contributed by atoms with Crippen molar-refractivity contribution in [1.29, 1.82) is 0 Å². The van der Waals surface area contributed by atoms with Crippen LogP contribution in [0.2, 0.25) is 0 Å². The van der Waals surface area contributed by atoms with Crippen molar-refractivity contribution in [2.24, 2.45) is 5.73 Å². The van der Waals surface area contributed by atoms with Crippen molar-refractivity contribution in [3.05, 3.63) is 29.8 Å². The topological polar surface area (TPSA) is 83.5 Å². The molecule has 0 heterocycles. The summed E-state index contributed by atoms with van der Waals surface area (Å²) in [7, 11) is 0. The number of aliphatic hydroxyl groups is 1. The molecule has 1 aromatic rings. The van der Waals surface area contributed by atoms with Crippen LogP contribution >= 0.6 is 11.8 Å². The van der Waals surface area contributed by atoms with Crippen LogP contribution in [0.15, 0.2) is 29.2 Å². The Morgan fingerprint density at radius 1 is 1.40 bits per heavy atom. The normalized spacial score (nSPS) is 14.6. The van der Waals surface area contributed by atoms with Gasteiger partial charge in [0.15, 0.2) is 0 Å². The lowest BCUT2D eigenvalue weighted by molar-refractivity contribution is -0.141. The molecule has 0 fully saturated rings. The summed E-state index contributed by atoms with van der Waals surface area (Å²) < 4.78 is 0. The molecule has 82 valence electrons. The smallest absolute Gasteiger partial charge is 0.323 e. The van der Waals surface area contributed by atoms with Crippen molar-refractivity contribution in [2.75, 3.05) is 6.26 Å². The summed E-state index contributed by atoms with van der Waals surface area (Å²) in [5, 5.41) is 18.2. The van der Waals surface area contributed by atoms with Crippen LogP contribution < -0.4 is 5.73 Å². The minimum atomic E-state index is -1.29. The molecule has 0 amide bonds. The molecular weight excluding hydrogens is 214 g/mol. The Morgan fingerprint density at radius 2 is 1.93 bits per heavy atom. The minimum absolute atomic E-state index is 0.516. The number of hydrogen-bond acceptors (Lipinski definition) is 4. The van der Waals surface area contributed by atoms with Crippen LogP contribution in [0.25, 0.3) is 0 Å². The number of rotatable bonds is 4. The van der Waals surface area contributed by atoms with Gasteiger partial charge in [0.05, 0.1) is 0 Å². The van der Waals surface area contributed by atoms with Crippen molar-refractivity contribution >= 4 is 17.7 Å². The molecule has 0 aliphatic heterocycles. The number of nitrogens with two attached hydrogens (primary N) is 1. The molecule has 0 aliphatic carbocycles. The highest BCUT2D eigenvalue weighted by molar-refractivity contribution is 7.98. The maximum absolute atomic E-state index is 10.5. The largest absolute Gasteiger partial charge is 0.480 e. The molecule has 0 aliphatic rings. The van der Waals surface area contributed by atoms with Gasteiger partial charge in [0.2, 0.25) is 0 Å². The summed E-state index contributed by atoms with van der Waals surface area (Å²) in [5.41, 5.74) is 5.82. The third-order valence-corrected chi connectivity index (χ3v) is 2.83. The molecule has 0 spiro atoms. The molecule has 1 aromatic carbocycles. The van der Waals surface area contributed by atoms with Crippen LogP contribution in [0.5, 0.6) is 0 Å². The van der Waals surface area contributed by atoms with Crippen molar-refractivity contribution < 1.29 is 15.0 Å². The van der Waals surface area contributed by atoms with E-state index in [2.05, 4.69) is 0 Å². The summed E-state index contributed by atoms with van der Waals surface area (Å²) in [6.45, 7) is 0. The highest BCUT2D eigenvalue weighted by Crippen LogP contribution is 2.20. The molecule has 4 nitrogen and oxygen atoms in total. The number of thioether (sulfide) groups is 1. The van der Waals surface area contributed by atoms with E-state index < -0.39 is 18.1 Å². The van der Waals surface area contributed by atoms with E-state index in [1.165, 1.54) is 0 Å². The second kappa shape index (κ2) is 5.16. The van der Waals surface area contributed by atoms with E-state index in [0.717, 1.165) is 4.90 Å². The Kier molecular flexibility index (Phi) is 4.14. The Balaban J connectivity index is 2.82. The summed E-state index contributed by atoms with van der Waals surface area (Å²) >= 11 is 1.57. The van der Waals surface area contributed by atoms with Gasteiger partial charge in [-0.1, -0.05) is 12.1 Å². The quantitative estimate of drug-likeness (QED) is 0.664. The third-order valence-electron chi connectivity index (χ3n) is 2.08. The average molecular weight is 227 g/mol. The zero-order valence-corrected chi connectivity index (χ0v) is 9.07. The van der Waals surface area contributed by atoms with Gasteiger partial charge in [0.1, 0.15) is 12.1 Å². The van der Waals surface area contributed by atoms with Gasteiger partial charge >= 0.3 is 5.97 Å². The minimum Gasteiger partial charge on any atom is -0.480 e. The van der Waals surface area contributed by atoms with Gasteiger partial charge in [-0.3, -0.25) is 4.79 Å².